The van der Waals surface area contributed by atoms with E-state index >= 15 is 0 Å². The van der Waals surface area contributed by atoms with Crippen molar-refractivity contribution in [3.63, 3.8) is 0 Å². The van der Waals surface area contributed by atoms with Crippen LogP contribution in [0.1, 0.15) is 45.2 Å². The second-order valence-corrected chi connectivity index (χ2v) is 7.01. The molecule has 0 spiro atoms. The van der Waals surface area contributed by atoms with E-state index in [0.29, 0.717) is 16.5 Å². The van der Waals surface area contributed by atoms with E-state index in [1.807, 2.05) is 20.8 Å². The summed E-state index contributed by atoms with van der Waals surface area (Å²) in [4.78, 5) is 36.3. The summed E-state index contributed by atoms with van der Waals surface area (Å²) < 4.78 is 1.05. The number of imide groups is 1. The third-order valence-corrected chi connectivity index (χ3v) is 3.79. The van der Waals surface area contributed by atoms with Crippen molar-refractivity contribution in [2.45, 2.75) is 39.7 Å². The zero-order valence-corrected chi connectivity index (χ0v) is 14.3. The molecule has 1 aromatic carbocycles. The molecule has 1 aliphatic rings. The van der Waals surface area contributed by atoms with Crippen LogP contribution < -0.4 is 10.9 Å². The number of aromatic nitrogens is 3. The van der Waals surface area contributed by atoms with E-state index in [-0.39, 0.29) is 24.2 Å². The molecule has 0 aliphatic carbocycles. The molecule has 0 bridgehead atoms. The molecular weight excluding hydrogens is 320 g/mol. The first-order chi connectivity index (χ1) is 11.8. The number of amides is 2. The maximum Gasteiger partial charge on any atom is 0.279 e. The number of rotatable bonds is 1. The summed E-state index contributed by atoms with van der Waals surface area (Å²) in [5.74, 6) is 5.25. The molecule has 1 saturated heterocycles. The minimum atomic E-state index is -0.842. The van der Waals surface area contributed by atoms with Crippen molar-refractivity contribution in [2.75, 3.05) is 0 Å². The highest BCUT2D eigenvalue weighted by molar-refractivity contribution is 5.99. The lowest BCUT2D eigenvalue weighted by atomic mass is 9.97. The van der Waals surface area contributed by atoms with Gasteiger partial charge in [0.2, 0.25) is 5.91 Å². The molecule has 25 heavy (non-hydrogen) atoms. The molecule has 7 heteroatoms. The van der Waals surface area contributed by atoms with Crippen LogP contribution in [-0.4, -0.2) is 26.8 Å². The van der Waals surface area contributed by atoms with Gasteiger partial charge in [-0.05, 0) is 39.3 Å². The Hall–Kier alpha value is -3.01. The van der Waals surface area contributed by atoms with Crippen molar-refractivity contribution < 1.29 is 9.59 Å². The van der Waals surface area contributed by atoms with Crippen molar-refractivity contribution in [3.05, 3.63) is 34.1 Å². The topological polar surface area (TPSA) is 93.9 Å². The van der Waals surface area contributed by atoms with Crippen molar-refractivity contribution >= 4 is 22.7 Å². The first kappa shape index (κ1) is 16.8. The molecule has 2 aromatic rings. The van der Waals surface area contributed by atoms with E-state index in [4.69, 9.17) is 0 Å². The van der Waals surface area contributed by atoms with E-state index in [9.17, 15) is 14.4 Å². The van der Waals surface area contributed by atoms with Crippen molar-refractivity contribution in [2.24, 2.45) is 5.41 Å². The van der Waals surface area contributed by atoms with Crippen molar-refractivity contribution in [1.29, 1.82) is 0 Å². The Labute approximate surface area is 144 Å². The van der Waals surface area contributed by atoms with Gasteiger partial charge < -0.3 is 0 Å². The first-order valence-electron chi connectivity index (χ1n) is 8.01. The lowest BCUT2D eigenvalue weighted by Gasteiger charge is -2.21. The van der Waals surface area contributed by atoms with E-state index in [2.05, 4.69) is 27.5 Å². The lowest BCUT2D eigenvalue weighted by molar-refractivity contribution is -0.136. The molecule has 2 amide bonds. The van der Waals surface area contributed by atoms with Gasteiger partial charge in [-0.2, -0.15) is 4.68 Å². The monoisotopic (exact) mass is 338 g/mol. The molecule has 1 N–H and O–H groups in total. The van der Waals surface area contributed by atoms with Gasteiger partial charge in [-0.25, -0.2) is 0 Å². The third kappa shape index (κ3) is 3.43. The molecule has 1 aromatic heterocycles. The Bertz CT molecular complexity index is 989. The molecule has 3 rings (SSSR count). The fourth-order valence-electron chi connectivity index (χ4n) is 2.58. The fourth-order valence-corrected chi connectivity index (χ4v) is 2.58. The van der Waals surface area contributed by atoms with Gasteiger partial charge in [0.15, 0.2) is 0 Å². The molecule has 1 atom stereocenters. The summed E-state index contributed by atoms with van der Waals surface area (Å²) in [7, 11) is 0. The Morgan fingerprint density at radius 1 is 1.24 bits per heavy atom. The van der Waals surface area contributed by atoms with Gasteiger partial charge in [0, 0.05) is 17.4 Å². The maximum atomic E-state index is 12.9. The second kappa shape index (κ2) is 6.13. The Morgan fingerprint density at radius 2 is 2.00 bits per heavy atom. The summed E-state index contributed by atoms with van der Waals surface area (Å²) in [6, 6.07) is 4.35. The van der Waals surface area contributed by atoms with Gasteiger partial charge in [-0.1, -0.05) is 23.1 Å². The highest BCUT2D eigenvalue weighted by atomic mass is 16.2. The van der Waals surface area contributed by atoms with Crippen molar-refractivity contribution in [1.82, 2.24) is 20.3 Å². The van der Waals surface area contributed by atoms with Gasteiger partial charge >= 0.3 is 0 Å². The normalized spacial score (nSPS) is 17.8. The molecule has 2 heterocycles. The average Bonchev–Trinajstić information content (AvgIpc) is 2.53. The van der Waals surface area contributed by atoms with Crippen LogP contribution in [0.15, 0.2) is 23.0 Å². The highest BCUT2D eigenvalue weighted by Crippen LogP contribution is 2.18. The predicted molar refractivity (Wildman–Crippen MR) is 91.6 cm³/mol. The Kier molecular flexibility index (Phi) is 4.13. The number of benzene rings is 1. The zero-order valence-electron chi connectivity index (χ0n) is 14.3. The molecule has 1 unspecified atom stereocenters. The third-order valence-electron chi connectivity index (χ3n) is 3.79. The standard InChI is InChI=1S/C18H18N4O3/c1-18(2,3)10-9-11-5-4-6-12-15(11)17(25)22(21-20-12)13-7-8-14(23)19-16(13)24/h4-6,13H,7-8H2,1-3H3,(H,19,23,24). The molecule has 0 radical (unpaired) electrons. The van der Waals surface area contributed by atoms with Crippen LogP contribution in [0.3, 0.4) is 0 Å². The molecule has 7 nitrogen and oxygen atoms in total. The fraction of sp³-hybridized carbons (Fsp3) is 0.389. The number of hydrogen-bond donors (Lipinski definition) is 1. The molecule has 0 saturated carbocycles. The summed E-state index contributed by atoms with van der Waals surface area (Å²) in [6.07, 6.45) is 0.384. The van der Waals surface area contributed by atoms with Crippen LogP contribution in [0, 0.1) is 17.3 Å². The molecule has 128 valence electrons. The van der Waals surface area contributed by atoms with Crippen molar-refractivity contribution in [3.8, 4) is 11.8 Å². The van der Waals surface area contributed by atoms with Gasteiger partial charge in [0.05, 0.1) is 5.39 Å². The van der Waals surface area contributed by atoms with Gasteiger partial charge in [0.1, 0.15) is 11.6 Å². The summed E-state index contributed by atoms with van der Waals surface area (Å²) in [6.45, 7) is 5.94. The quantitative estimate of drug-likeness (QED) is 0.622. The maximum absolute atomic E-state index is 12.9. The molecular formula is C18H18N4O3. The van der Waals surface area contributed by atoms with Gasteiger partial charge in [-0.15, -0.1) is 5.10 Å². The van der Waals surface area contributed by atoms with Crippen LogP contribution in [0.4, 0.5) is 0 Å². The molecule has 1 aliphatic heterocycles. The van der Waals surface area contributed by atoms with E-state index in [0.717, 1.165) is 4.68 Å². The number of nitrogens with zero attached hydrogens (tertiary/aromatic N) is 3. The van der Waals surface area contributed by atoms with Crippen LogP contribution in [0.25, 0.3) is 10.9 Å². The largest absolute Gasteiger partial charge is 0.295 e. The Morgan fingerprint density at radius 3 is 2.68 bits per heavy atom. The van der Waals surface area contributed by atoms with Gasteiger partial charge in [-0.3, -0.25) is 19.7 Å². The number of hydrogen-bond acceptors (Lipinski definition) is 5. The van der Waals surface area contributed by atoms with Crippen LogP contribution in [0.5, 0.6) is 0 Å². The number of piperidine rings is 1. The minimum Gasteiger partial charge on any atom is -0.295 e. The zero-order chi connectivity index (χ0) is 18.2. The second-order valence-electron chi connectivity index (χ2n) is 7.01. The predicted octanol–water partition coefficient (Wildman–Crippen LogP) is 1.17. The Balaban J connectivity index is 2.16. The smallest absolute Gasteiger partial charge is 0.279 e. The van der Waals surface area contributed by atoms with E-state index in [1.54, 1.807) is 18.2 Å². The van der Waals surface area contributed by atoms with Crippen LogP contribution >= 0.6 is 0 Å². The highest BCUT2D eigenvalue weighted by Gasteiger charge is 2.30. The van der Waals surface area contributed by atoms with Crippen LogP contribution in [0.2, 0.25) is 0 Å². The first-order valence-corrected chi connectivity index (χ1v) is 8.01. The minimum absolute atomic E-state index is 0.161. The summed E-state index contributed by atoms with van der Waals surface area (Å²) >= 11 is 0. The molecule has 1 fully saturated rings. The summed E-state index contributed by atoms with van der Waals surface area (Å²) in [5.41, 5.74) is 0.326. The number of nitrogens with one attached hydrogen (secondary N) is 1. The SMILES string of the molecule is CC(C)(C)C#Cc1cccc2nnn(C3CCC(=O)NC3=O)c(=O)c12. The van der Waals surface area contributed by atoms with E-state index < -0.39 is 17.5 Å². The number of carbonyl (C=O) groups is 2. The number of fused-ring (bicyclic) bond motifs is 1. The van der Waals surface area contributed by atoms with Crippen LogP contribution in [-0.2, 0) is 9.59 Å². The number of carbonyl (C=O) groups excluding carboxylic acids is 2. The lowest BCUT2D eigenvalue weighted by Crippen LogP contribution is -2.45. The van der Waals surface area contributed by atoms with E-state index in [1.165, 1.54) is 0 Å². The average molecular weight is 338 g/mol. The van der Waals surface area contributed by atoms with Gasteiger partial charge in [0.25, 0.3) is 11.5 Å². The summed E-state index contributed by atoms with van der Waals surface area (Å²) in [5, 5.41) is 10.5.